The molecule has 112 valence electrons. The molecule has 4 nitrogen and oxygen atoms in total. The van der Waals surface area contributed by atoms with Crippen molar-refractivity contribution < 1.29 is 0 Å². The number of aryl methyl sites for hydroxylation is 2. The van der Waals surface area contributed by atoms with Gasteiger partial charge >= 0.3 is 0 Å². The number of nitrogens with zero attached hydrogens (tertiary/aromatic N) is 2. The maximum Gasteiger partial charge on any atom is 0.139 e. The third-order valence-corrected chi connectivity index (χ3v) is 3.50. The Morgan fingerprint density at radius 1 is 1.00 bits per heavy atom. The van der Waals surface area contributed by atoms with E-state index in [-0.39, 0.29) is 0 Å². The molecule has 0 saturated carbocycles. The first-order valence-corrected chi connectivity index (χ1v) is 7.59. The molecular formula is C17H24N4. The second kappa shape index (κ2) is 7.07. The van der Waals surface area contributed by atoms with Crippen LogP contribution in [0.5, 0.6) is 0 Å². The third kappa shape index (κ3) is 3.72. The van der Waals surface area contributed by atoms with E-state index in [1.807, 2.05) is 14.0 Å². The van der Waals surface area contributed by atoms with Crippen LogP contribution in [0.2, 0.25) is 0 Å². The zero-order valence-electron chi connectivity index (χ0n) is 13.3. The van der Waals surface area contributed by atoms with E-state index < -0.39 is 0 Å². The third-order valence-electron chi connectivity index (χ3n) is 3.50. The highest BCUT2D eigenvalue weighted by molar-refractivity contribution is 5.64. The highest BCUT2D eigenvalue weighted by atomic mass is 15.1. The maximum atomic E-state index is 4.59. The molecule has 0 atom stereocenters. The monoisotopic (exact) mass is 284 g/mol. The van der Waals surface area contributed by atoms with E-state index >= 15 is 0 Å². The number of hydrogen-bond donors (Lipinski definition) is 2. The Morgan fingerprint density at radius 3 is 2.24 bits per heavy atom. The van der Waals surface area contributed by atoms with Crippen molar-refractivity contribution in [1.82, 2.24) is 9.97 Å². The minimum Gasteiger partial charge on any atom is -0.373 e. The zero-order chi connectivity index (χ0) is 15.2. The van der Waals surface area contributed by atoms with Crippen molar-refractivity contribution in [3.05, 3.63) is 41.2 Å². The molecule has 1 aromatic carbocycles. The summed E-state index contributed by atoms with van der Waals surface area (Å²) in [6.07, 6.45) is 3.11. The Hall–Kier alpha value is -2.10. The summed E-state index contributed by atoms with van der Waals surface area (Å²) in [6, 6.07) is 8.55. The Labute approximate surface area is 127 Å². The first-order chi connectivity index (χ1) is 10.2. The van der Waals surface area contributed by atoms with Gasteiger partial charge in [-0.3, -0.25) is 0 Å². The van der Waals surface area contributed by atoms with E-state index in [0.29, 0.717) is 0 Å². The fourth-order valence-corrected chi connectivity index (χ4v) is 2.27. The average molecular weight is 284 g/mol. The van der Waals surface area contributed by atoms with Crippen molar-refractivity contribution in [2.24, 2.45) is 0 Å². The fraction of sp³-hybridized carbons (Fsp3) is 0.412. The summed E-state index contributed by atoms with van der Waals surface area (Å²) in [7, 11) is 1.89. The second-order valence-corrected chi connectivity index (χ2v) is 5.14. The molecule has 2 rings (SSSR count). The van der Waals surface area contributed by atoms with E-state index in [9.17, 15) is 0 Å². The van der Waals surface area contributed by atoms with Crippen molar-refractivity contribution in [1.29, 1.82) is 0 Å². The molecule has 0 spiro atoms. The average Bonchev–Trinajstić information content (AvgIpc) is 2.51. The van der Waals surface area contributed by atoms with Gasteiger partial charge in [-0.1, -0.05) is 32.4 Å². The first-order valence-electron chi connectivity index (χ1n) is 7.59. The molecule has 0 radical (unpaired) electrons. The smallest absolute Gasteiger partial charge is 0.139 e. The fourth-order valence-electron chi connectivity index (χ4n) is 2.27. The van der Waals surface area contributed by atoms with Gasteiger partial charge in [0.25, 0.3) is 0 Å². The SMILES string of the molecule is CCCc1ccc(Nc2nc(CC)nc(NC)c2C)cc1. The quantitative estimate of drug-likeness (QED) is 0.839. The predicted molar refractivity (Wildman–Crippen MR) is 89.4 cm³/mol. The van der Waals surface area contributed by atoms with Gasteiger partial charge in [-0.25, -0.2) is 9.97 Å². The van der Waals surface area contributed by atoms with Crippen molar-refractivity contribution in [3.63, 3.8) is 0 Å². The number of aromatic nitrogens is 2. The molecule has 0 saturated heterocycles. The number of benzene rings is 1. The van der Waals surface area contributed by atoms with Gasteiger partial charge in [-0.2, -0.15) is 0 Å². The summed E-state index contributed by atoms with van der Waals surface area (Å²) >= 11 is 0. The molecule has 1 aromatic heterocycles. The van der Waals surface area contributed by atoms with Crippen molar-refractivity contribution >= 4 is 17.3 Å². The van der Waals surface area contributed by atoms with Gasteiger partial charge in [-0.15, -0.1) is 0 Å². The summed E-state index contributed by atoms with van der Waals surface area (Å²) in [5, 5.41) is 6.53. The van der Waals surface area contributed by atoms with Crippen LogP contribution in [0.25, 0.3) is 0 Å². The number of anilines is 3. The molecule has 0 aliphatic rings. The predicted octanol–water partition coefficient (Wildman–Crippen LogP) is 4.09. The van der Waals surface area contributed by atoms with Crippen molar-refractivity contribution in [2.75, 3.05) is 17.7 Å². The lowest BCUT2D eigenvalue weighted by molar-refractivity contribution is 0.921. The Bertz CT molecular complexity index is 590. The molecule has 0 bridgehead atoms. The lowest BCUT2D eigenvalue weighted by atomic mass is 10.1. The number of hydrogen-bond acceptors (Lipinski definition) is 4. The molecule has 1 heterocycles. The summed E-state index contributed by atoms with van der Waals surface area (Å²) < 4.78 is 0. The lowest BCUT2D eigenvalue weighted by Gasteiger charge is -2.13. The van der Waals surface area contributed by atoms with Crippen LogP contribution < -0.4 is 10.6 Å². The summed E-state index contributed by atoms with van der Waals surface area (Å²) in [5.41, 5.74) is 3.46. The zero-order valence-corrected chi connectivity index (χ0v) is 13.3. The summed E-state index contributed by atoms with van der Waals surface area (Å²) in [5.74, 6) is 2.59. The highest BCUT2D eigenvalue weighted by Crippen LogP contribution is 2.23. The van der Waals surface area contributed by atoms with Gasteiger partial charge in [0, 0.05) is 24.7 Å². The maximum absolute atomic E-state index is 4.59. The van der Waals surface area contributed by atoms with Crippen LogP contribution in [0, 0.1) is 6.92 Å². The van der Waals surface area contributed by atoms with Crippen LogP contribution in [0.4, 0.5) is 17.3 Å². The van der Waals surface area contributed by atoms with Crippen LogP contribution in [0.3, 0.4) is 0 Å². The van der Waals surface area contributed by atoms with Gasteiger partial charge in [0.1, 0.15) is 17.5 Å². The Balaban J connectivity index is 2.25. The lowest BCUT2D eigenvalue weighted by Crippen LogP contribution is -2.06. The molecule has 4 heteroatoms. The van der Waals surface area contributed by atoms with Gasteiger partial charge in [0.2, 0.25) is 0 Å². The molecule has 0 fully saturated rings. The molecule has 0 aliphatic heterocycles. The Kier molecular flexibility index (Phi) is 5.14. The van der Waals surface area contributed by atoms with E-state index in [0.717, 1.165) is 41.6 Å². The highest BCUT2D eigenvalue weighted by Gasteiger charge is 2.09. The van der Waals surface area contributed by atoms with E-state index in [2.05, 4.69) is 58.7 Å². The van der Waals surface area contributed by atoms with Crippen molar-refractivity contribution in [2.45, 2.75) is 40.0 Å². The molecule has 0 aliphatic carbocycles. The molecule has 2 N–H and O–H groups in total. The van der Waals surface area contributed by atoms with Gasteiger partial charge in [0.05, 0.1) is 0 Å². The minimum absolute atomic E-state index is 0.819. The second-order valence-electron chi connectivity index (χ2n) is 5.14. The van der Waals surface area contributed by atoms with E-state index in [1.165, 1.54) is 12.0 Å². The number of nitrogens with one attached hydrogen (secondary N) is 2. The van der Waals surface area contributed by atoms with E-state index in [4.69, 9.17) is 0 Å². The van der Waals surface area contributed by atoms with E-state index in [1.54, 1.807) is 0 Å². The van der Waals surface area contributed by atoms with Crippen LogP contribution in [-0.4, -0.2) is 17.0 Å². The van der Waals surface area contributed by atoms with Crippen LogP contribution in [0.1, 0.15) is 37.2 Å². The standard InChI is InChI=1S/C17H24N4/c1-5-7-13-8-10-14(11-9-13)19-17-12(3)16(18-4)20-15(6-2)21-17/h8-11H,5-7H2,1-4H3,(H2,18,19,20,21). The van der Waals surface area contributed by atoms with Crippen LogP contribution in [0.15, 0.2) is 24.3 Å². The molecule has 21 heavy (non-hydrogen) atoms. The summed E-state index contributed by atoms with van der Waals surface area (Å²) in [4.78, 5) is 9.08. The largest absolute Gasteiger partial charge is 0.373 e. The normalized spacial score (nSPS) is 10.5. The first kappa shape index (κ1) is 15.3. The van der Waals surface area contributed by atoms with Gasteiger partial charge in [-0.05, 0) is 31.0 Å². The van der Waals surface area contributed by atoms with Crippen LogP contribution >= 0.6 is 0 Å². The Morgan fingerprint density at radius 2 is 1.67 bits per heavy atom. The molecular weight excluding hydrogens is 260 g/mol. The van der Waals surface area contributed by atoms with Gasteiger partial charge < -0.3 is 10.6 Å². The summed E-state index contributed by atoms with van der Waals surface area (Å²) in [6.45, 7) is 6.29. The minimum atomic E-state index is 0.819. The molecule has 0 unspecified atom stereocenters. The van der Waals surface area contributed by atoms with Gasteiger partial charge in [0.15, 0.2) is 0 Å². The number of rotatable bonds is 6. The molecule has 0 amide bonds. The topological polar surface area (TPSA) is 49.8 Å². The van der Waals surface area contributed by atoms with Crippen molar-refractivity contribution in [3.8, 4) is 0 Å². The van der Waals surface area contributed by atoms with Crippen LogP contribution in [-0.2, 0) is 12.8 Å². The molecule has 2 aromatic rings.